The van der Waals surface area contributed by atoms with Crippen molar-refractivity contribution in [1.29, 1.82) is 0 Å². The molecule has 1 atom stereocenters. The van der Waals surface area contributed by atoms with Crippen molar-refractivity contribution in [3.05, 3.63) is 47.3 Å². The number of carbonyl (C=O) groups is 1. The Morgan fingerprint density at radius 2 is 2.18 bits per heavy atom. The van der Waals surface area contributed by atoms with Crippen LogP contribution in [0.3, 0.4) is 0 Å². The lowest BCUT2D eigenvalue weighted by atomic mass is 10.1. The van der Waals surface area contributed by atoms with Crippen LogP contribution in [-0.4, -0.2) is 50.7 Å². The molecule has 7 heteroatoms. The molecule has 3 heterocycles. The van der Waals surface area contributed by atoms with Crippen LogP contribution in [0.5, 0.6) is 0 Å². The minimum atomic E-state index is -0.229. The van der Waals surface area contributed by atoms with Gasteiger partial charge >= 0.3 is 0 Å². The Morgan fingerprint density at radius 3 is 2.91 bits per heavy atom. The Bertz CT molecular complexity index is 657. The molecule has 0 N–H and O–H groups in total. The van der Waals surface area contributed by atoms with E-state index in [0.717, 1.165) is 11.4 Å². The molecule has 7 nitrogen and oxygen atoms in total. The second-order valence-electron chi connectivity index (χ2n) is 5.22. The zero-order chi connectivity index (χ0) is 15.5. The molecule has 0 unspecified atom stereocenters. The lowest BCUT2D eigenvalue weighted by Crippen LogP contribution is -2.42. The van der Waals surface area contributed by atoms with Crippen molar-refractivity contribution in [1.82, 2.24) is 25.1 Å². The van der Waals surface area contributed by atoms with Gasteiger partial charge in [-0.25, -0.2) is 9.97 Å². The second kappa shape index (κ2) is 6.15. The van der Waals surface area contributed by atoms with Gasteiger partial charge in [-0.2, -0.15) is 10.2 Å². The van der Waals surface area contributed by atoms with E-state index in [1.54, 1.807) is 11.0 Å². The molecule has 1 aliphatic heterocycles. The van der Waals surface area contributed by atoms with Crippen LogP contribution in [0.25, 0.3) is 0 Å². The molecule has 1 saturated heterocycles. The topological polar surface area (TPSA) is 81.1 Å². The Balaban J connectivity index is 1.78. The van der Waals surface area contributed by atoms with E-state index in [4.69, 9.17) is 4.74 Å². The van der Waals surface area contributed by atoms with Crippen LogP contribution in [0.15, 0.2) is 24.5 Å². The largest absolute Gasteiger partial charge is 0.368 e. The molecule has 0 aliphatic carbocycles. The van der Waals surface area contributed by atoms with Gasteiger partial charge in [0, 0.05) is 12.2 Å². The van der Waals surface area contributed by atoms with Crippen LogP contribution < -0.4 is 0 Å². The highest BCUT2D eigenvalue weighted by Gasteiger charge is 2.27. The maximum Gasteiger partial charge on any atom is 0.255 e. The third-order valence-corrected chi connectivity index (χ3v) is 3.50. The molecule has 22 heavy (non-hydrogen) atoms. The first-order valence-corrected chi connectivity index (χ1v) is 7.13. The summed E-state index contributed by atoms with van der Waals surface area (Å²) in [4.78, 5) is 22.9. The van der Waals surface area contributed by atoms with Crippen molar-refractivity contribution in [3.63, 3.8) is 0 Å². The van der Waals surface area contributed by atoms with Gasteiger partial charge in [-0.3, -0.25) is 4.79 Å². The first-order valence-electron chi connectivity index (χ1n) is 7.13. The summed E-state index contributed by atoms with van der Waals surface area (Å²) in [6, 6.07) is 3.57. The van der Waals surface area contributed by atoms with E-state index < -0.39 is 0 Å². The molecule has 3 rings (SSSR count). The van der Waals surface area contributed by atoms with Crippen molar-refractivity contribution in [2.75, 3.05) is 19.7 Å². The standard InChI is InChI=1S/C15H17N5O2/c1-10-7-13(19-11(2)18-10)14-9-20(5-6-22-14)15(21)12-3-4-16-17-8-12/h3-4,7-8,14H,5-6,9H2,1-2H3/t14-/m1/s1. The lowest BCUT2D eigenvalue weighted by molar-refractivity contribution is -0.0248. The summed E-state index contributed by atoms with van der Waals surface area (Å²) >= 11 is 0. The Labute approximate surface area is 128 Å². The smallest absolute Gasteiger partial charge is 0.255 e. The fourth-order valence-electron chi connectivity index (χ4n) is 2.52. The number of carbonyl (C=O) groups excluding carboxylic acids is 1. The van der Waals surface area contributed by atoms with Gasteiger partial charge < -0.3 is 9.64 Å². The lowest BCUT2D eigenvalue weighted by Gasteiger charge is -2.32. The third kappa shape index (κ3) is 3.09. The van der Waals surface area contributed by atoms with E-state index in [2.05, 4.69) is 20.2 Å². The van der Waals surface area contributed by atoms with Gasteiger partial charge in [0.15, 0.2) is 0 Å². The van der Waals surface area contributed by atoms with Gasteiger partial charge in [0.1, 0.15) is 11.9 Å². The number of nitrogens with zero attached hydrogens (tertiary/aromatic N) is 5. The maximum atomic E-state index is 12.5. The first-order chi connectivity index (χ1) is 10.6. The van der Waals surface area contributed by atoms with Crippen LogP contribution in [0.1, 0.15) is 33.7 Å². The number of ether oxygens (including phenoxy) is 1. The number of hydrogen-bond acceptors (Lipinski definition) is 6. The molecule has 0 aromatic carbocycles. The van der Waals surface area contributed by atoms with Gasteiger partial charge in [-0.1, -0.05) is 0 Å². The summed E-state index contributed by atoms with van der Waals surface area (Å²) in [5, 5.41) is 7.44. The predicted molar refractivity (Wildman–Crippen MR) is 78.1 cm³/mol. The summed E-state index contributed by atoms with van der Waals surface area (Å²) in [5.74, 6) is 0.645. The number of aromatic nitrogens is 4. The van der Waals surface area contributed by atoms with Crippen LogP contribution in [-0.2, 0) is 4.74 Å². The van der Waals surface area contributed by atoms with Crippen molar-refractivity contribution in [3.8, 4) is 0 Å². The average molecular weight is 299 g/mol. The molecule has 114 valence electrons. The van der Waals surface area contributed by atoms with Crippen LogP contribution in [0.2, 0.25) is 0 Å². The number of morpholine rings is 1. The fourth-order valence-corrected chi connectivity index (χ4v) is 2.52. The van der Waals surface area contributed by atoms with Gasteiger partial charge in [0.25, 0.3) is 5.91 Å². The molecule has 1 amide bonds. The Kier molecular flexibility index (Phi) is 4.06. The minimum absolute atomic E-state index is 0.0642. The van der Waals surface area contributed by atoms with Crippen molar-refractivity contribution in [2.45, 2.75) is 20.0 Å². The monoisotopic (exact) mass is 299 g/mol. The van der Waals surface area contributed by atoms with Crippen molar-refractivity contribution >= 4 is 5.91 Å². The number of amides is 1. The summed E-state index contributed by atoms with van der Waals surface area (Å²) in [5.41, 5.74) is 2.24. The van der Waals surface area contributed by atoms with Crippen LogP contribution in [0, 0.1) is 13.8 Å². The normalized spacial score (nSPS) is 18.3. The average Bonchev–Trinajstić information content (AvgIpc) is 2.54. The predicted octanol–water partition coefficient (Wildman–Crippen LogP) is 1.10. The fraction of sp³-hybridized carbons (Fsp3) is 0.400. The molecule has 1 aliphatic rings. The van der Waals surface area contributed by atoms with Crippen molar-refractivity contribution in [2.24, 2.45) is 0 Å². The molecular formula is C15H17N5O2. The van der Waals surface area contributed by atoms with E-state index in [-0.39, 0.29) is 12.0 Å². The number of rotatable bonds is 2. The molecule has 0 saturated carbocycles. The maximum absolute atomic E-state index is 12.5. The SMILES string of the molecule is Cc1cc([C@H]2CN(C(=O)c3ccnnc3)CCO2)nc(C)n1. The molecule has 0 spiro atoms. The molecule has 2 aromatic heterocycles. The number of hydrogen-bond donors (Lipinski definition) is 0. The third-order valence-electron chi connectivity index (χ3n) is 3.50. The van der Waals surface area contributed by atoms with Gasteiger partial charge in [0.2, 0.25) is 0 Å². The van der Waals surface area contributed by atoms with Crippen LogP contribution in [0.4, 0.5) is 0 Å². The van der Waals surface area contributed by atoms with Gasteiger partial charge in [-0.05, 0) is 26.0 Å². The highest BCUT2D eigenvalue weighted by molar-refractivity contribution is 5.93. The molecule has 0 radical (unpaired) electrons. The molecule has 0 bridgehead atoms. The molecule has 1 fully saturated rings. The molecule has 2 aromatic rings. The van der Waals surface area contributed by atoms with Gasteiger partial charge in [0.05, 0.1) is 36.8 Å². The number of aryl methyl sites for hydroxylation is 2. The summed E-state index contributed by atoms with van der Waals surface area (Å²) in [6.45, 7) is 5.28. The quantitative estimate of drug-likeness (QED) is 0.826. The van der Waals surface area contributed by atoms with Gasteiger partial charge in [-0.15, -0.1) is 0 Å². The Morgan fingerprint density at radius 1 is 1.32 bits per heavy atom. The van der Waals surface area contributed by atoms with E-state index in [1.807, 2.05) is 19.9 Å². The Hall–Kier alpha value is -2.41. The second-order valence-corrected chi connectivity index (χ2v) is 5.22. The zero-order valence-electron chi connectivity index (χ0n) is 12.6. The zero-order valence-corrected chi connectivity index (χ0v) is 12.6. The van der Waals surface area contributed by atoms with E-state index in [9.17, 15) is 4.79 Å². The van der Waals surface area contributed by atoms with E-state index in [1.165, 1.54) is 12.4 Å². The summed E-state index contributed by atoms with van der Waals surface area (Å²) < 4.78 is 5.78. The molecular weight excluding hydrogens is 282 g/mol. The first kappa shape index (κ1) is 14.5. The summed E-state index contributed by atoms with van der Waals surface area (Å²) in [7, 11) is 0. The minimum Gasteiger partial charge on any atom is -0.368 e. The van der Waals surface area contributed by atoms with Crippen LogP contribution >= 0.6 is 0 Å². The summed E-state index contributed by atoms with van der Waals surface area (Å²) in [6.07, 6.45) is 2.77. The van der Waals surface area contributed by atoms with E-state index >= 15 is 0 Å². The van der Waals surface area contributed by atoms with Crippen molar-refractivity contribution < 1.29 is 9.53 Å². The highest BCUT2D eigenvalue weighted by Crippen LogP contribution is 2.22. The highest BCUT2D eigenvalue weighted by atomic mass is 16.5. The van der Waals surface area contributed by atoms with E-state index in [0.29, 0.717) is 31.1 Å².